The fourth-order valence-corrected chi connectivity index (χ4v) is 2.01. The number of aromatic nitrogens is 3. The molecular weight excluding hydrogens is 238 g/mol. The fourth-order valence-electron chi connectivity index (χ4n) is 1.22. The van der Waals surface area contributed by atoms with Crippen LogP contribution in [-0.2, 0) is 5.75 Å². The van der Waals surface area contributed by atoms with E-state index in [1.54, 1.807) is 6.20 Å². The van der Waals surface area contributed by atoms with Crippen LogP contribution in [0.3, 0.4) is 0 Å². The van der Waals surface area contributed by atoms with Crippen molar-refractivity contribution in [3.8, 4) is 0 Å². The van der Waals surface area contributed by atoms with Crippen molar-refractivity contribution < 1.29 is 0 Å². The summed E-state index contributed by atoms with van der Waals surface area (Å²) < 4.78 is 0. The van der Waals surface area contributed by atoms with E-state index < -0.39 is 0 Å². The van der Waals surface area contributed by atoms with Crippen molar-refractivity contribution in [2.45, 2.75) is 10.9 Å². The van der Waals surface area contributed by atoms with E-state index in [1.165, 1.54) is 24.0 Å². The van der Waals surface area contributed by atoms with Crippen LogP contribution in [-0.4, -0.2) is 15.0 Å². The van der Waals surface area contributed by atoms with Crippen molar-refractivity contribution >= 4 is 17.6 Å². The first kappa shape index (κ1) is 11.6. The predicted octanol–water partition coefficient (Wildman–Crippen LogP) is 0.743. The van der Waals surface area contributed by atoms with Crippen LogP contribution >= 0.6 is 11.8 Å². The molecule has 6 nitrogen and oxygen atoms in total. The third-order valence-electron chi connectivity index (χ3n) is 2.00. The molecule has 0 unspecified atom stereocenters. The van der Waals surface area contributed by atoms with Crippen LogP contribution in [0.5, 0.6) is 0 Å². The first-order chi connectivity index (χ1) is 8.28. The minimum atomic E-state index is -0.151. The van der Waals surface area contributed by atoms with Gasteiger partial charge >= 0.3 is 0 Å². The lowest BCUT2D eigenvalue weighted by Crippen LogP contribution is -2.08. The molecular formula is C10H11N5OS. The van der Waals surface area contributed by atoms with Gasteiger partial charge in [0.25, 0.3) is 5.56 Å². The number of hydrazine groups is 1. The number of anilines is 1. The van der Waals surface area contributed by atoms with Crippen molar-refractivity contribution in [1.82, 2.24) is 15.0 Å². The van der Waals surface area contributed by atoms with Crippen LogP contribution in [0.2, 0.25) is 0 Å². The van der Waals surface area contributed by atoms with Crippen LogP contribution in [0.4, 0.5) is 5.82 Å². The second kappa shape index (κ2) is 5.46. The van der Waals surface area contributed by atoms with Gasteiger partial charge in [0.05, 0.1) is 0 Å². The number of thioether (sulfide) groups is 1. The zero-order valence-electron chi connectivity index (χ0n) is 8.88. The van der Waals surface area contributed by atoms with Gasteiger partial charge in [-0.2, -0.15) is 0 Å². The first-order valence-electron chi connectivity index (χ1n) is 4.87. The normalized spacial score (nSPS) is 10.2. The summed E-state index contributed by atoms with van der Waals surface area (Å²) in [6.07, 6.45) is 3.16. The molecule has 7 heteroatoms. The zero-order valence-corrected chi connectivity index (χ0v) is 9.70. The Balaban J connectivity index is 2.04. The summed E-state index contributed by atoms with van der Waals surface area (Å²) >= 11 is 1.44. The highest BCUT2D eigenvalue weighted by Crippen LogP contribution is 2.18. The molecule has 0 aliphatic rings. The molecule has 88 valence electrons. The molecule has 2 aromatic heterocycles. The highest BCUT2D eigenvalue weighted by atomic mass is 32.2. The van der Waals surface area contributed by atoms with Gasteiger partial charge in [-0.05, 0) is 17.7 Å². The Morgan fingerprint density at radius 1 is 1.35 bits per heavy atom. The van der Waals surface area contributed by atoms with Crippen molar-refractivity contribution in [3.63, 3.8) is 0 Å². The number of nitrogens with two attached hydrogens (primary N) is 1. The summed E-state index contributed by atoms with van der Waals surface area (Å²) in [7, 11) is 0. The summed E-state index contributed by atoms with van der Waals surface area (Å²) in [5.74, 6) is 6.56. The van der Waals surface area contributed by atoms with E-state index in [0.29, 0.717) is 16.7 Å². The fraction of sp³-hybridized carbons (Fsp3) is 0.100. The molecule has 0 radical (unpaired) electrons. The van der Waals surface area contributed by atoms with Gasteiger partial charge in [0.2, 0.25) is 0 Å². The minimum absolute atomic E-state index is 0.151. The lowest BCUT2D eigenvalue weighted by Gasteiger charge is -2.03. The Kier molecular flexibility index (Phi) is 3.73. The topological polar surface area (TPSA) is 96.7 Å². The van der Waals surface area contributed by atoms with E-state index in [2.05, 4.69) is 20.4 Å². The van der Waals surface area contributed by atoms with E-state index in [0.717, 1.165) is 5.56 Å². The maximum Gasteiger partial charge on any atom is 0.251 e. The molecule has 4 N–H and O–H groups in total. The molecule has 0 saturated carbocycles. The van der Waals surface area contributed by atoms with E-state index in [9.17, 15) is 4.79 Å². The molecule has 0 bridgehead atoms. The summed E-state index contributed by atoms with van der Waals surface area (Å²) in [5, 5.41) is 0.594. The third-order valence-corrected chi connectivity index (χ3v) is 2.95. The predicted molar refractivity (Wildman–Crippen MR) is 66.5 cm³/mol. The molecule has 2 rings (SSSR count). The van der Waals surface area contributed by atoms with Gasteiger partial charge in [-0.3, -0.25) is 4.79 Å². The molecule has 0 aliphatic heterocycles. The molecule has 0 fully saturated rings. The van der Waals surface area contributed by atoms with E-state index in [-0.39, 0.29) is 5.56 Å². The maximum absolute atomic E-state index is 11.1. The molecule has 0 aromatic carbocycles. The van der Waals surface area contributed by atoms with Crippen LogP contribution in [0.15, 0.2) is 40.5 Å². The Morgan fingerprint density at radius 3 is 2.94 bits per heavy atom. The molecule has 0 saturated heterocycles. The number of hydrogen-bond donors (Lipinski definition) is 3. The highest BCUT2D eigenvalue weighted by Gasteiger charge is 1.99. The number of hydrogen-bond acceptors (Lipinski definition) is 6. The van der Waals surface area contributed by atoms with Crippen LogP contribution in [0.25, 0.3) is 0 Å². The van der Waals surface area contributed by atoms with Crippen LogP contribution in [0.1, 0.15) is 5.56 Å². The molecule has 17 heavy (non-hydrogen) atoms. The number of rotatable bonds is 4. The molecule has 0 amide bonds. The van der Waals surface area contributed by atoms with Crippen molar-refractivity contribution in [1.29, 1.82) is 0 Å². The number of aromatic amines is 1. The number of pyridine rings is 1. The maximum atomic E-state index is 11.1. The largest absolute Gasteiger partial charge is 0.308 e. The smallest absolute Gasteiger partial charge is 0.251 e. The number of nitrogen functional groups attached to an aromatic ring is 1. The van der Waals surface area contributed by atoms with E-state index in [1.807, 2.05) is 12.1 Å². The summed E-state index contributed by atoms with van der Waals surface area (Å²) in [6.45, 7) is 0. The van der Waals surface area contributed by atoms with Gasteiger partial charge in [-0.25, -0.2) is 15.8 Å². The van der Waals surface area contributed by atoms with Gasteiger partial charge in [-0.15, -0.1) is 0 Å². The standard InChI is InChI=1S/C10H11N5OS/c11-15-8-5-7(1-3-12-8)6-17-10-13-4-2-9(16)14-10/h1-5H,6,11H2,(H,12,15)(H,13,14,16). The van der Waals surface area contributed by atoms with Crippen molar-refractivity contribution in [3.05, 3.63) is 46.5 Å². The Morgan fingerprint density at radius 2 is 2.18 bits per heavy atom. The summed E-state index contributed by atoms with van der Waals surface area (Å²) in [5.41, 5.74) is 3.38. The second-order valence-corrected chi connectivity index (χ2v) is 4.19. The average Bonchev–Trinajstić information content (AvgIpc) is 2.37. The van der Waals surface area contributed by atoms with E-state index >= 15 is 0 Å². The van der Waals surface area contributed by atoms with Crippen LogP contribution < -0.4 is 16.8 Å². The number of H-pyrrole nitrogens is 1. The lowest BCUT2D eigenvalue weighted by atomic mass is 10.3. The quantitative estimate of drug-likeness (QED) is 0.320. The zero-order chi connectivity index (χ0) is 12.1. The monoisotopic (exact) mass is 249 g/mol. The highest BCUT2D eigenvalue weighted by molar-refractivity contribution is 7.98. The van der Waals surface area contributed by atoms with Gasteiger partial charge in [0.15, 0.2) is 5.16 Å². The average molecular weight is 249 g/mol. The Hall–Kier alpha value is -1.86. The lowest BCUT2D eigenvalue weighted by molar-refractivity contribution is 0.936. The second-order valence-electron chi connectivity index (χ2n) is 3.22. The van der Waals surface area contributed by atoms with Gasteiger partial charge in [0.1, 0.15) is 5.82 Å². The number of nitrogens with one attached hydrogen (secondary N) is 2. The number of nitrogens with zero attached hydrogens (tertiary/aromatic N) is 2. The van der Waals surface area contributed by atoms with Crippen molar-refractivity contribution in [2.24, 2.45) is 5.84 Å². The molecule has 2 heterocycles. The van der Waals surface area contributed by atoms with Crippen molar-refractivity contribution in [2.75, 3.05) is 5.43 Å². The molecule has 0 atom stereocenters. The minimum Gasteiger partial charge on any atom is -0.308 e. The first-order valence-corrected chi connectivity index (χ1v) is 5.86. The Bertz CT molecular complexity index is 556. The third kappa shape index (κ3) is 3.30. The van der Waals surface area contributed by atoms with Gasteiger partial charge < -0.3 is 10.4 Å². The van der Waals surface area contributed by atoms with Gasteiger partial charge in [0, 0.05) is 24.2 Å². The Labute approximate surface area is 102 Å². The molecule has 0 spiro atoms. The SMILES string of the molecule is NNc1cc(CSc2nccc(=O)[nH]2)ccn1. The van der Waals surface area contributed by atoms with Gasteiger partial charge in [-0.1, -0.05) is 11.8 Å². The van der Waals surface area contributed by atoms with Crippen LogP contribution in [0, 0.1) is 0 Å². The summed E-state index contributed by atoms with van der Waals surface area (Å²) in [6, 6.07) is 5.11. The summed E-state index contributed by atoms with van der Waals surface area (Å²) in [4.78, 5) is 21.8. The molecule has 2 aromatic rings. The molecule has 0 aliphatic carbocycles. The van der Waals surface area contributed by atoms with E-state index in [4.69, 9.17) is 5.84 Å².